The maximum atomic E-state index is 12.9. The van der Waals surface area contributed by atoms with Crippen LogP contribution in [0.5, 0.6) is 0 Å². The molecule has 2 heteroatoms. The molecule has 0 radical (unpaired) electrons. The second-order valence-corrected chi connectivity index (χ2v) is 13.9. The molecule has 32 heavy (non-hydrogen) atoms. The molecule has 0 saturated heterocycles. The van der Waals surface area contributed by atoms with Crippen LogP contribution in [0.25, 0.3) is 0 Å². The van der Waals surface area contributed by atoms with Crippen molar-refractivity contribution < 1.29 is 4.79 Å². The van der Waals surface area contributed by atoms with Crippen molar-refractivity contribution in [3.63, 3.8) is 0 Å². The molecule has 0 spiro atoms. The number of rotatable bonds is 7. The van der Waals surface area contributed by atoms with Crippen molar-refractivity contribution in [1.29, 1.82) is 0 Å². The van der Waals surface area contributed by atoms with Crippen LogP contribution in [0.15, 0.2) is 11.6 Å². The van der Waals surface area contributed by atoms with Crippen molar-refractivity contribution in [3.05, 3.63) is 11.6 Å². The Labute approximate surface area is 203 Å². The zero-order valence-electron chi connectivity index (χ0n) is 21.6. The highest BCUT2D eigenvalue weighted by Gasteiger charge is 2.61. The fourth-order valence-corrected chi connectivity index (χ4v) is 10.0. The van der Waals surface area contributed by atoms with Crippen molar-refractivity contribution in [2.24, 2.45) is 58.2 Å². The Morgan fingerprint density at radius 3 is 2.34 bits per heavy atom. The van der Waals surface area contributed by atoms with E-state index in [0.29, 0.717) is 34.0 Å². The van der Waals surface area contributed by atoms with Gasteiger partial charge in [-0.05, 0) is 104 Å². The summed E-state index contributed by atoms with van der Waals surface area (Å²) in [5.74, 6) is 6.36. The molecular weight excluding hydrogens is 412 g/mol. The number of Topliss-reactive ketones (excluding diaryl/α,β-unsaturated/α-hetero) is 1. The second kappa shape index (κ2) is 9.39. The van der Waals surface area contributed by atoms with Crippen LogP contribution in [-0.2, 0) is 4.79 Å². The van der Waals surface area contributed by atoms with Crippen LogP contribution < -0.4 is 0 Å². The van der Waals surface area contributed by atoms with Crippen molar-refractivity contribution in [1.82, 2.24) is 0 Å². The summed E-state index contributed by atoms with van der Waals surface area (Å²) in [6, 6.07) is 0. The number of halogens is 1. The predicted octanol–water partition coefficient (Wildman–Crippen LogP) is 9.05. The highest BCUT2D eigenvalue weighted by molar-refractivity contribution is 6.29. The summed E-state index contributed by atoms with van der Waals surface area (Å²) in [4.78, 5) is 12.9. The number of hydrogen-bond acceptors (Lipinski definition) is 1. The molecule has 0 aromatic heterocycles. The zero-order chi connectivity index (χ0) is 23.3. The SMILES string of the molecule is C=C(Cl)CC1C(=O)CC[C@@]2(C)C1CC[C@H]1[C@@H]3CC[C@H]([C@H](C)CCCC(C)C)[C@@]3(C)CC[C@@H]12. The fourth-order valence-electron chi connectivity index (χ4n) is 9.84. The summed E-state index contributed by atoms with van der Waals surface area (Å²) < 4.78 is 0. The monoisotopic (exact) mass is 460 g/mol. The number of carbonyl (C=O) groups excluding carboxylic acids is 1. The van der Waals surface area contributed by atoms with E-state index in [4.69, 9.17) is 11.6 Å². The van der Waals surface area contributed by atoms with Gasteiger partial charge in [-0.1, -0.05) is 72.1 Å². The van der Waals surface area contributed by atoms with E-state index >= 15 is 0 Å². The molecule has 0 heterocycles. The molecule has 0 N–H and O–H groups in total. The third-order valence-corrected chi connectivity index (χ3v) is 11.5. The number of fused-ring (bicyclic) bond motifs is 5. The van der Waals surface area contributed by atoms with Gasteiger partial charge < -0.3 is 0 Å². The molecular formula is C30H49ClO. The van der Waals surface area contributed by atoms with Crippen molar-refractivity contribution in [2.45, 2.75) is 112 Å². The first-order chi connectivity index (χ1) is 15.1. The molecule has 0 bridgehead atoms. The van der Waals surface area contributed by atoms with Crippen molar-refractivity contribution in [2.75, 3.05) is 0 Å². The molecule has 4 fully saturated rings. The number of carbonyl (C=O) groups is 1. The quantitative estimate of drug-likeness (QED) is 0.370. The third-order valence-electron chi connectivity index (χ3n) is 11.4. The van der Waals surface area contributed by atoms with Gasteiger partial charge in [-0.15, -0.1) is 0 Å². The van der Waals surface area contributed by atoms with Crippen molar-refractivity contribution >= 4 is 17.4 Å². The van der Waals surface area contributed by atoms with Crippen LogP contribution in [0.1, 0.15) is 112 Å². The average molecular weight is 461 g/mol. The topological polar surface area (TPSA) is 17.1 Å². The Morgan fingerprint density at radius 2 is 1.66 bits per heavy atom. The van der Waals surface area contributed by atoms with E-state index in [9.17, 15) is 4.79 Å². The Balaban J connectivity index is 1.50. The van der Waals surface area contributed by atoms with Gasteiger partial charge in [0.05, 0.1) is 0 Å². The minimum absolute atomic E-state index is 0.130. The van der Waals surface area contributed by atoms with E-state index in [1.807, 2.05) is 0 Å². The highest BCUT2D eigenvalue weighted by atomic mass is 35.5. The van der Waals surface area contributed by atoms with Crippen LogP contribution in [0.2, 0.25) is 0 Å². The van der Waals surface area contributed by atoms with Gasteiger partial charge in [0, 0.05) is 17.4 Å². The molecule has 4 rings (SSSR count). The van der Waals surface area contributed by atoms with Crippen LogP contribution in [0.3, 0.4) is 0 Å². The minimum Gasteiger partial charge on any atom is -0.299 e. The first kappa shape index (κ1) is 24.8. The van der Waals surface area contributed by atoms with Crippen LogP contribution in [-0.4, -0.2) is 5.78 Å². The lowest BCUT2D eigenvalue weighted by molar-refractivity contribution is -0.152. The molecule has 2 unspecified atom stereocenters. The highest BCUT2D eigenvalue weighted by Crippen LogP contribution is 2.69. The lowest BCUT2D eigenvalue weighted by Gasteiger charge is -2.62. The summed E-state index contributed by atoms with van der Waals surface area (Å²) in [5.41, 5.74) is 0.881. The number of hydrogen-bond donors (Lipinski definition) is 0. The number of allylic oxidation sites excluding steroid dienone is 1. The first-order valence-electron chi connectivity index (χ1n) is 13.9. The van der Waals surface area contributed by atoms with Crippen LogP contribution >= 0.6 is 11.6 Å². The Kier molecular flexibility index (Phi) is 7.28. The molecule has 4 saturated carbocycles. The maximum Gasteiger partial charge on any atom is 0.136 e. The van der Waals surface area contributed by atoms with Gasteiger partial charge in [-0.25, -0.2) is 0 Å². The molecule has 4 aliphatic rings. The summed E-state index contributed by atoms with van der Waals surface area (Å²) >= 11 is 6.23. The summed E-state index contributed by atoms with van der Waals surface area (Å²) in [5, 5.41) is 0.677. The van der Waals surface area contributed by atoms with E-state index in [0.717, 1.165) is 48.3 Å². The smallest absolute Gasteiger partial charge is 0.136 e. The van der Waals surface area contributed by atoms with E-state index < -0.39 is 0 Å². The van der Waals surface area contributed by atoms with E-state index in [1.165, 1.54) is 57.8 Å². The molecule has 0 amide bonds. The van der Waals surface area contributed by atoms with Gasteiger partial charge in [-0.2, -0.15) is 0 Å². The van der Waals surface area contributed by atoms with Crippen LogP contribution in [0, 0.1) is 58.2 Å². The van der Waals surface area contributed by atoms with E-state index in [2.05, 4.69) is 41.2 Å². The second-order valence-electron chi connectivity index (χ2n) is 13.4. The summed E-state index contributed by atoms with van der Waals surface area (Å²) in [6.45, 7) is 16.5. The molecule has 9 atom stereocenters. The predicted molar refractivity (Wildman–Crippen MR) is 137 cm³/mol. The number of ketones is 1. The van der Waals surface area contributed by atoms with Crippen LogP contribution in [0.4, 0.5) is 0 Å². The zero-order valence-corrected chi connectivity index (χ0v) is 22.4. The Hall–Kier alpha value is -0.300. The third kappa shape index (κ3) is 4.27. The molecule has 182 valence electrons. The standard InChI is InChI=1S/C30H49ClO/c1-19(2)8-7-9-20(3)24-12-13-25-22-10-11-26-23(18-21(4)31)28(32)15-17-30(26,6)27(22)14-16-29(24,25)5/h19-20,22-27H,4,7-18H2,1-3,5-6H3/t20-,22+,23?,24-,25+,26?,27+,29-,30+/m1/s1. The van der Waals surface area contributed by atoms with Gasteiger partial charge in [0.2, 0.25) is 0 Å². The molecule has 0 aliphatic heterocycles. The molecule has 0 aromatic carbocycles. The molecule has 1 nitrogen and oxygen atoms in total. The minimum atomic E-state index is 0.130. The largest absolute Gasteiger partial charge is 0.299 e. The fraction of sp³-hybridized carbons (Fsp3) is 0.900. The maximum absolute atomic E-state index is 12.9. The summed E-state index contributed by atoms with van der Waals surface area (Å²) in [6.07, 6.45) is 15.1. The van der Waals surface area contributed by atoms with Gasteiger partial charge in [0.25, 0.3) is 0 Å². The van der Waals surface area contributed by atoms with E-state index in [-0.39, 0.29) is 5.92 Å². The Bertz CT molecular complexity index is 712. The first-order valence-corrected chi connectivity index (χ1v) is 14.3. The molecule has 0 aromatic rings. The normalized spacial score (nSPS) is 44.7. The van der Waals surface area contributed by atoms with Gasteiger partial charge in [0.15, 0.2) is 0 Å². The lowest BCUT2D eigenvalue weighted by Crippen LogP contribution is -2.56. The lowest BCUT2D eigenvalue weighted by atomic mass is 9.43. The van der Waals surface area contributed by atoms with Gasteiger partial charge >= 0.3 is 0 Å². The molecule has 4 aliphatic carbocycles. The van der Waals surface area contributed by atoms with Gasteiger partial charge in [0.1, 0.15) is 5.78 Å². The van der Waals surface area contributed by atoms with Crippen molar-refractivity contribution in [3.8, 4) is 0 Å². The summed E-state index contributed by atoms with van der Waals surface area (Å²) in [7, 11) is 0. The Morgan fingerprint density at radius 1 is 0.969 bits per heavy atom. The van der Waals surface area contributed by atoms with Gasteiger partial charge in [-0.3, -0.25) is 4.79 Å². The van der Waals surface area contributed by atoms with E-state index in [1.54, 1.807) is 0 Å². The average Bonchev–Trinajstić information content (AvgIpc) is 3.07.